The monoisotopic (exact) mass is 436 g/mol. The molecule has 6 nitrogen and oxygen atoms in total. The number of para-hydroxylation sites is 2. The first-order valence-electron chi connectivity index (χ1n) is 10.8. The number of fused-ring (bicyclic) bond motifs is 2. The van der Waals surface area contributed by atoms with Crippen LogP contribution in [0.5, 0.6) is 5.75 Å². The lowest BCUT2D eigenvalue weighted by molar-refractivity contribution is -0.117. The summed E-state index contributed by atoms with van der Waals surface area (Å²) in [6, 6.07) is 27.5. The Morgan fingerprint density at radius 3 is 2.55 bits per heavy atom. The average Bonchev–Trinajstić information content (AvgIpc) is 3.25. The van der Waals surface area contributed by atoms with Crippen LogP contribution in [0, 0.1) is 0 Å². The fraction of sp³-hybridized carbons (Fsp3) is 0.111. The molecule has 0 fully saturated rings. The Morgan fingerprint density at radius 2 is 1.70 bits per heavy atom. The number of ether oxygens (including phenoxy) is 1. The number of aromatic amines is 1. The van der Waals surface area contributed by atoms with Crippen molar-refractivity contribution in [2.75, 3.05) is 17.7 Å². The van der Waals surface area contributed by atoms with Gasteiger partial charge in [0.2, 0.25) is 11.9 Å². The van der Waals surface area contributed by atoms with Crippen LogP contribution in [0.1, 0.15) is 18.4 Å². The summed E-state index contributed by atoms with van der Waals surface area (Å²) in [5.41, 5.74) is 4.37. The summed E-state index contributed by atoms with van der Waals surface area (Å²) < 4.78 is 5.29. The van der Waals surface area contributed by atoms with Gasteiger partial charge in [0.25, 0.3) is 0 Å². The highest BCUT2D eigenvalue weighted by Crippen LogP contribution is 2.27. The number of rotatable bonds is 6. The van der Waals surface area contributed by atoms with E-state index in [0.717, 1.165) is 44.5 Å². The Labute approximate surface area is 191 Å². The van der Waals surface area contributed by atoms with Gasteiger partial charge < -0.3 is 20.4 Å². The maximum atomic E-state index is 13.0. The molecule has 1 heterocycles. The van der Waals surface area contributed by atoms with Crippen LogP contribution < -0.4 is 15.4 Å². The first-order chi connectivity index (χ1) is 16.1. The Morgan fingerprint density at radius 1 is 0.909 bits per heavy atom. The van der Waals surface area contributed by atoms with E-state index in [4.69, 9.17) is 4.74 Å². The zero-order chi connectivity index (χ0) is 22.8. The van der Waals surface area contributed by atoms with Crippen LogP contribution in [0.3, 0.4) is 0 Å². The van der Waals surface area contributed by atoms with Gasteiger partial charge in [-0.05, 0) is 65.7 Å². The smallest absolute Gasteiger partial charge is 0.231 e. The molecular weight excluding hydrogens is 412 g/mol. The normalized spacial score (nSPS) is 11.9. The number of amides is 1. The van der Waals surface area contributed by atoms with Crippen molar-refractivity contribution in [3.63, 3.8) is 0 Å². The minimum Gasteiger partial charge on any atom is -0.497 e. The topological polar surface area (TPSA) is 79.0 Å². The van der Waals surface area contributed by atoms with Gasteiger partial charge in [-0.2, -0.15) is 0 Å². The summed E-state index contributed by atoms with van der Waals surface area (Å²) >= 11 is 0. The summed E-state index contributed by atoms with van der Waals surface area (Å²) in [5.74, 6) is 1.10. The molecule has 1 unspecified atom stereocenters. The van der Waals surface area contributed by atoms with Gasteiger partial charge in [0.05, 0.1) is 24.1 Å². The second-order valence-corrected chi connectivity index (χ2v) is 7.99. The predicted octanol–water partition coefficient (Wildman–Crippen LogP) is 6.21. The number of carbonyl (C=O) groups is 1. The van der Waals surface area contributed by atoms with E-state index in [0.29, 0.717) is 5.95 Å². The molecule has 164 valence electrons. The number of aromatic nitrogens is 2. The summed E-state index contributed by atoms with van der Waals surface area (Å²) in [7, 11) is 1.66. The number of imidazole rings is 1. The van der Waals surface area contributed by atoms with Crippen molar-refractivity contribution in [2.24, 2.45) is 0 Å². The first-order valence-corrected chi connectivity index (χ1v) is 10.8. The van der Waals surface area contributed by atoms with Crippen molar-refractivity contribution < 1.29 is 9.53 Å². The third kappa shape index (κ3) is 4.36. The van der Waals surface area contributed by atoms with E-state index in [9.17, 15) is 4.79 Å². The minimum absolute atomic E-state index is 0.0660. The Kier molecular flexibility index (Phi) is 5.40. The zero-order valence-electron chi connectivity index (χ0n) is 18.4. The van der Waals surface area contributed by atoms with Crippen molar-refractivity contribution in [1.82, 2.24) is 9.97 Å². The highest BCUT2D eigenvalue weighted by molar-refractivity contribution is 5.97. The standard InChI is InChI=1S/C27H24N4O2/c1-17(18-10-11-20-15-23(33-2)13-12-19(20)14-18)26(32)28-21-6-5-7-22(16-21)29-27-30-24-8-3-4-9-25(24)31-27/h3-17H,1-2H3,(H,28,32)(H2,29,30,31). The lowest BCUT2D eigenvalue weighted by atomic mass is 9.97. The second kappa shape index (κ2) is 8.67. The maximum absolute atomic E-state index is 13.0. The molecule has 0 aliphatic carbocycles. The van der Waals surface area contributed by atoms with Crippen LogP contribution in [-0.2, 0) is 4.79 Å². The molecule has 0 bridgehead atoms. The van der Waals surface area contributed by atoms with Crippen molar-refractivity contribution in [2.45, 2.75) is 12.8 Å². The largest absolute Gasteiger partial charge is 0.497 e. The maximum Gasteiger partial charge on any atom is 0.231 e. The summed E-state index contributed by atoms with van der Waals surface area (Å²) in [6.45, 7) is 1.91. The van der Waals surface area contributed by atoms with Crippen LogP contribution in [0.15, 0.2) is 84.9 Å². The molecule has 4 aromatic carbocycles. The van der Waals surface area contributed by atoms with Gasteiger partial charge in [-0.3, -0.25) is 4.79 Å². The molecule has 1 amide bonds. The van der Waals surface area contributed by atoms with Crippen molar-refractivity contribution in [3.8, 4) is 5.75 Å². The number of anilines is 3. The lowest BCUT2D eigenvalue weighted by Crippen LogP contribution is -2.18. The van der Waals surface area contributed by atoms with Gasteiger partial charge in [0.15, 0.2) is 0 Å². The molecule has 0 saturated carbocycles. The molecule has 5 aromatic rings. The van der Waals surface area contributed by atoms with Gasteiger partial charge in [-0.15, -0.1) is 0 Å². The third-order valence-corrected chi connectivity index (χ3v) is 5.75. The van der Waals surface area contributed by atoms with Gasteiger partial charge >= 0.3 is 0 Å². The number of nitrogens with one attached hydrogen (secondary N) is 3. The highest BCUT2D eigenvalue weighted by atomic mass is 16.5. The Balaban J connectivity index is 1.30. The molecule has 0 saturated heterocycles. The summed E-state index contributed by atoms with van der Waals surface area (Å²) in [5, 5.41) is 8.45. The second-order valence-electron chi connectivity index (χ2n) is 7.99. The van der Waals surface area contributed by atoms with E-state index in [2.05, 4.69) is 26.7 Å². The van der Waals surface area contributed by atoms with Gasteiger partial charge in [0, 0.05) is 11.4 Å². The van der Waals surface area contributed by atoms with Crippen molar-refractivity contribution >= 4 is 45.0 Å². The van der Waals surface area contributed by atoms with E-state index in [1.54, 1.807) is 7.11 Å². The molecule has 5 rings (SSSR count). The molecule has 1 aromatic heterocycles. The molecular formula is C27H24N4O2. The summed E-state index contributed by atoms with van der Waals surface area (Å²) in [6.07, 6.45) is 0. The van der Waals surface area contributed by atoms with Crippen molar-refractivity contribution in [3.05, 3.63) is 90.5 Å². The summed E-state index contributed by atoms with van der Waals surface area (Å²) in [4.78, 5) is 20.8. The Bertz CT molecular complexity index is 1420. The number of benzene rings is 4. The van der Waals surface area contributed by atoms with Crippen LogP contribution in [0.2, 0.25) is 0 Å². The highest BCUT2D eigenvalue weighted by Gasteiger charge is 2.16. The molecule has 33 heavy (non-hydrogen) atoms. The van der Waals surface area contributed by atoms with Gasteiger partial charge in [0.1, 0.15) is 5.75 Å². The fourth-order valence-electron chi connectivity index (χ4n) is 3.86. The number of carbonyl (C=O) groups excluding carboxylic acids is 1. The molecule has 0 spiro atoms. The van der Waals surface area contributed by atoms with Crippen molar-refractivity contribution in [1.29, 1.82) is 0 Å². The first kappa shape index (κ1) is 20.6. The number of nitrogens with zero attached hydrogens (tertiary/aromatic N) is 1. The molecule has 0 aliphatic rings. The van der Waals surface area contributed by atoms with E-state index >= 15 is 0 Å². The third-order valence-electron chi connectivity index (χ3n) is 5.75. The quantitative estimate of drug-likeness (QED) is 0.296. The van der Waals surface area contributed by atoms with E-state index in [1.165, 1.54) is 0 Å². The number of H-pyrrole nitrogens is 1. The SMILES string of the molecule is COc1ccc2cc(C(C)C(=O)Nc3cccc(Nc4nc5ccccc5[nH]4)c3)ccc2c1. The van der Waals surface area contributed by atoms with Crippen LogP contribution >= 0.6 is 0 Å². The molecule has 1 atom stereocenters. The fourth-order valence-corrected chi connectivity index (χ4v) is 3.86. The number of methoxy groups -OCH3 is 1. The zero-order valence-corrected chi connectivity index (χ0v) is 18.4. The van der Waals surface area contributed by atoms with Gasteiger partial charge in [-0.1, -0.05) is 42.5 Å². The van der Waals surface area contributed by atoms with E-state index in [-0.39, 0.29) is 11.8 Å². The predicted molar refractivity (Wildman–Crippen MR) is 133 cm³/mol. The van der Waals surface area contributed by atoms with Crippen LogP contribution in [-0.4, -0.2) is 23.0 Å². The van der Waals surface area contributed by atoms with Crippen LogP contribution in [0.25, 0.3) is 21.8 Å². The average molecular weight is 437 g/mol. The number of hydrogen-bond donors (Lipinski definition) is 3. The molecule has 0 aliphatic heterocycles. The van der Waals surface area contributed by atoms with Crippen LogP contribution in [0.4, 0.5) is 17.3 Å². The minimum atomic E-state index is -0.302. The number of hydrogen-bond acceptors (Lipinski definition) is 4. The van der Waals surface area contributed by atoms with E-state index in [1.807, 2.05) is 85.8 Å². The van der Waals surface area contributed by atoms with Gasteiger partial charge in [-0.25, -0.2) is 4.98 Å². The molecule has 0 radical (unpaired) electrons. The Hall–Kier alpha value is -4.32. The van der Waals surface area contributed by atoms with E-state index < -0.39 is 0 Å². The molecule has 6 heteroatoms. The molecule has 3 N–H and O–H groups in total. The lowest BCUT2D eigenvalue weighted by Gasteiger charge is -2.14.